The topological polar surface area (TPSA) is 139 Å². The summed E-state index contributed by atoms with van der Waals surface area (Å²) in [6, 6.07) is 10.7. The molecule has 228 valence electrons. The van der Waals surface area contributed by atoms with E-state index in [9.17, 15) is 18.3 Å². The molecule has 1 saturated heterocycles. The molecule has 3 atom stereocenters. The van der Waals surface area contributed by atoms with Crippen molar-refractivity contribution in [1.82, 2.24) is 14.8 Å². The molecule has 0 aliphatic carbocycles. The number of rotatable bonds is 8. The number of anilines is 1. The van der Waals surface area contributed by atoms with E-state index in [1.807, 2.05) is 0 Å². The zero-order valence-corrected chi connectivity index (χ0v) is 25.7. The average Bonchev–Trinajstić information content (AvgIpc) is 3.50. The Bertz CT molecular complexity index is 1700. The molecule has 5 rings (SSSR count). The minimum absolute atomic E-state index is 0.00354. The van der Waals surface area contributed by atoms with Gasteiger partial charge in [-0.3, -0.25) is 14.5 Å². The number of methoxy groups -OCH3 is 3. The van der Waals surface area contributed by atoms with Crippen LogP contribution in [-0.4, -0.2) is 94.2 Å². The number of carbonyl (C=O) groups excluding carboxylic acids is 2. The van der Waals surface area contributed by atoms with E-state index in [1.54, 1.807) is 26.2 Å². The molecule has 12 nitrogen and oxygen atoms in total. The number of aliphatic hydroxyl groups excluding tert-OH is 1. The van der Waals surface area contributed by atoms with Crippen molar-refractivity contribution in [1.29, 1.82) is 0 Å². The lowest BCUT2D eigenvalue weighted by Gasteiger charge is -2.41. The Hall–Kier alpha value is -3.91. The molecule has 0 radical (unpaired) electrons. The van der Waals surface area contributed by atoms with Crippen molar-refractivity contribution in [3.8, 4) is 17.4 Å². The normalized spacial score (nSPS) is 21.9. The zero-order valence-electron chi connectivity index (χ0n) is 24.1. The Morgan fingerprint density at radius 2 is 1.81 bits per heavy atom. The second-order valence-corrected chi connectivity index (χ2v) is 12.5. The first-order chi connectivity index (χ1) is 20.4. The molecule has 1 unspecified atom stereocenters. The van der Waals surface area contributed by atoms with E-state index in [1.165, 1.54) is 73.7 Å². The molecule has 1 aromatic heterocycles. The lowest BCUT2D eigenvalue weighted by molar-refractivity contribution is -0.138. The van der Waals surface area contributed by atoms with Gasteiger partial charge in [-0.2, -0.15) is 0 Å². The molecule has 2 amide bonds. The second-order valence-electron chi connectivity index (χ2n) is 10.3. The van der Waals surface area contributed by atoms with Crippen LogP contribution in [0, 0.1) is 0 Å². The fraction of sp³-hybridized carbons (Fsp3) is 0.345. The van der Waals surface area contributed by atoms with Crippen LogP contribution in [0.4, 0.5) is 5.69 Å². The van der Waals surface area contributed by atoms with Gasteiger partial charge in [0.25, 0.3) is 15.9 Å². The van der Waals surface area contributed by atoms with E-state index in [0.29, 0.717) is 10.1 Å². The highest BCUT2D eigenvalue weighted by atomic mass is 35.5. The number of likely N-dealkylation sites (tertiary alicyclic amines) is 1. The smallest absolute Gasteiger partial charge is 0.274 e. The predicted octanol–water partition coefficient (Wildman–Crippen LogP) is 2.26. The highest BCUT2D eigenvalue weighted by molar-refractivity contribution is 7.93. The van der Waals surface area contributed by atoms with Gasteiger partial charge in [0.2, 0.25) is 11.8 Å². The molecule has 2 aliphatic rings. The number of amides is 2. The summed E-state index contributed by atoms with van der Waals surface area (Å²) in [7, 11) is 2.58. The summed E-state index contributed by atoms with van der Waals surface area (Å²) in [6.07, 6.45) is 0.465. The number of hydrogen-bond acceptors (Lipinski definition) is 10. The van der Waals surface area contributed by atoms with Gasteiger partial charge in [-0.25, -0.2) is 17.7 Å². The molecule has 0 bridgehead atoms. The van der Waals surface area contributed by atoms with Gasteiger partial charge in [-0.15, -0.1) is 0 Å². The third kappa shape index (κ3) is 4.67. The van der Waals surface area contributed by atoms with Crippen LogP contribution in [0.15, 0.2) is 59.6 Å². The van der Waals surface area contributed by atoms with Gasteiger partial charge >= 0.3 is 0 Å². The third-order valence-electron chi connectivity index (χ3n) is 7.74. The summed E-state index contributed by atoms with van der Waals surface area (Å²) in [5.41, 5.74) is -1.63. The number of ether oxygens (including phenoxy) is 3. The van der Waals surface area contributed by atoms with Crippen molar-refractivity contribution in [2.24, 2.45) is 0 Å². The predicted molar refractivity (Wildman–Crippen MR) is 157 cm³/mol. The van der Waals surface area contributed by atoms with Crippen LogP contribution in [0.1, 0.15) is 17.5 Å². The largest absolute Gasteiger partial charge is 0.497 e. The van der Waals surface area contributed by atoms with Gasteiger partial charge in [-0.05, 0) is 48.9 Å². The van der Waals surface area contributed by atoms with Crippen molar-refractivity contribution >= 4 is 39.1 Å². The Labute approximate surface area is 254 Å². The molecule has 2 aromatic carbocycles. The zero-order chi connectivity index (χ0) is 31.3. The van der Waals surface area contributed by atoms with Crippen LogP contribution in [0.5, 0.6) is 17.4 Å². The number of β-amino-alcohol motifs (C(OH)–C–C–N with tert-alkyl or cyclic N) is 1. The van der Waals surface area contributed by atoms with Crippen LogP contribution in [-0.2, 0) is 25.2 Å². The minimum atomic E-state index is -4.66. The van der Waals surface area contributed by atoms with Crippen LogP contribution in [0.25, 0.3) is 0 Å². The summed E-state index contributed by atoms with van der Waals surface area (Å²) in [6.45, 7) is -0.139. The maximum absolute atomic E-state index is 15.1. The fourth-order valence-corrected chi connectivity index (χ4v) is 7.68. The van der Waals surface area contributed by atoms with Gasteiger partial charge in [-0.1, -0.05) is 11.6 Å². The van der Waals surface area contributed by atoms with Crippen LogP contribution >= 0.6 is 11.6 Å². The molecule has 1 fully saturated rings. The monoisotopic (exact) mass is 630 g/mol. The molecule has 2 aliphatic heterocycles. The Morgan fingerprint density at radius 3 is 2.47 bits per heavy atom. The molecule has 1 N–H and O–H groups in total. The van der Waals surface area contributed by atoms with Gasteiger partial charge in [0.1, 0.15) is 16.4 Å². The van der Waals surface area contributed by atoms with E-state index in [2.05, 4.69) is 4.98 Å². The molecule has 0 spiro atoms. The van der Waals surface area contributed by atoms with Crippen molar-refractivity contribution in [2.45, 2.75) is 29.0 Å². The minimum Gasteiger partial charge on any atom is -0.497 e. The number of hydrogen-bond donors (Lipinski definition) is 1. The maximum Gasteiger partial charge on any atom is 0.274 e. The molecule has 0 saturated carbocycles. The van der Waals surface area contributed by atoms with Crippen molar-refractivity contribution in [3.05, 3.63) is 70.9 Å². The van der Waals surface area contributed by atoms with Crippen LogP contribution in [0.2, 0.25) is 5.02 Å². The number of sulfonamides is 1. The number of aromatic nitrogens is 1. The number of pyridine rings is 1. The van der Waals surface area contributed by atoms with E-state index in [0.717, 1.165) is 0 Å². The average molecular weight is 631 g/mol. The van der Waals surface area contributed by atoms with Crippen LogP contribution < -0.4 is 18.5 Å². The quantitative estimate of drug-likeness (QED) is 0.394. The number of likely N-dealkylation sites (N-methyl/N-ethyl adjacent to an activating group) is 1. The van der Waals surface area contributed by atoms with Gasteiger partial charge in [0, 0.05) is 49.1 Å². The number of nitrogens with zero attached hydrogens (tertiary/aromatic N) is 4. The number of aliphatic hydroxyl groups is 1. The lowest BCUT2D eigenvalue weighted by Crippen LogP contribution is -2.59. The molecule has 3 heterocycles. The fourth-order valence-electron chi connectivity index (χ4n) is 5.91. The molecule has 14 heteroatoms. The summed E-state index contributed by atoms with van der Waals surface area (Å²) in [5.74, 6) is -0.981. The van der Waals surface area contributed by atoms with Gasteiger partial charge in [0.05, 0.1) is 39.2 Å². The molecular weight excluding hydrogens is 600 g/mol. The maximum atomic E-state index is 15.1. The number of halogens is 1. The molecular formula is C29H31ClN4O8S. The molecule has 3 aromatic rings. The first kappa shape index (κ1) is 30.5. The summed E-state index contributed by atoms with van der Waals surface area (Å²) < 4.78 is 45.9. The number of carbonyl (C=O) groups is 2. The van der Waals surface area contributed by atoms with Crippen molar-refractivity contribution in [2.75, 3.05) is 46.3 Å². The molecule has 43 heavy (non-hydrogen) atoms. The second kappa shape index (κ2) is 11.3. The Morgan fingerprint density at radius 1 is 1.07 bits per heavy atom. The van der Waals surface area contributed by atoms with E-state index in [-0.39, 0.29) is 57.2 Å². The SMILES string of the molecule is COc1ccc(S(=O)(=O)N2C(=O)C(c3cccnc3OC)(N3C[C@@H](O)C[C@H]3C(=O)N(C)C)c3cc(Cl)ccc32)c(OC)c1. The van der Waals surface area contributed by atoms with Crippen molar-refractivity contribution < 1.29 is 37.3 Å². The first-order valence-electron chi connectivity index (χ1n) is 13.2. The van der Waals surface area contributed by atoms with Crippen LogP contribution in [0.3, 0.4) is 0 Å². The highest BCUT2D eigenvalue weighted by Crippen LogP contribution is 2.55. The van der Waals surface area contributed by atoms with Gasteiger partial charge in [0.15, 0.2) is 5.54 Å². The summed E-state index contributed by atoms with van der Waals surface area (Å²) >= 11 is 6.50. The van der Waals surface area contributed by atoms with Gasteiger partial charge < -0.3 is 24.2 Å². The number of benzene rings is 2. The lowest BCUT2D eigenvalue weighted by atomic mass is 9.81. The van der Waals surface area contributed by atoms with E-state index < -0.39 is 33.6 Å². The standard InChI is InChI=1S/C29H31ClN4O8S/c1-32(2)27(36)23-14-18(35)16-33(23)29(20-7-6-12-31-26(20)42-5)21-13-17(30)8-10-22(21)34(28(29)37)43(38,39)25-11-9-19(40-3)15-24(25)41-4/h6-13,15,18,23,35H,14,16H2,1-5H3/t18-,23-,29?/m0/s1. The Kier molecular flexibility index (Phi) is 8.03. The Balaban J connectivity index is 1.86. The van der Waals surface area contributed by atoms with E-state index in [4.69, 9.17) is 25.8 Å². The van der Waals surface area contributed by atoms with Crippen molar-refractivity contribution in [3.63, 3.8) is 0 Å². The summed E-state index contributed by atoms with van der Waals surface area (Å²) in [5, 5.41) is 11.1. The third-order valence-corrected chi connectivity index (χ3v) is 9.71. The number of fused-ring (bicyclic) bond motifs is 1. The first-order valence-corrected chi connectivity index (χ1v) is 15.0. The summed E-state index contributed by atoms with van der Waals surface area (Å²) in [4.78, 5) is 35.6. The van der Waals surface area contributed by atoms with E-state index >= 15 is 4.79 Å². The highest BCUT2D eigenvalue weighted by Gasteiger charge is 2.64.